The fraction of sp³-hybridized carbons (Fsp3) is 0.667. The van der Waals surface area contributed by atoms with Crippen molar-refractivity contribution < 1.29 is 9.47 Å². The van der Waals surface area contributed by atoms with Gasteiger partial charge in [0.15, 0.2) is 11.5 Å². The molecule has 0 aromatic heterocycles. The Labute approximate surface area is 144 Å². The summed E-state index contributed by atoms with van der Waals surface area (Å²) in [6, 6.07) is 3.90. The topological polar surface area (TPSA) is 33.7 Å². The molecule has 1 N–H and O–H groups in total. The summed E-state index contributed by atoms with van der Waals surface area (Å²) in [6.45, 7) is 5.40. The Balaban J connectivity index is 1.73. The minimum absolute atomic E-state index is 0.322. The van der Waals surface area contributed by atoms with Crippen molar-refractivity contribution in [2.24, 2.45) is 0 Å². The highest BCUT2D eigenvalue weighted by atomic mass is 35.5. The lowest BCUT2D eigenvalue weighted by Gasteiger charge is -2.27. The molecule has 23 heavy (non-hydrogen) atoms. The zero-order chi connectivity index (χ0) is 16.1. The summed E-state index contributed by atoms with van der Waals surface area (Å²) in [7, 11) is 1.69. The molecule has 1 saturated carbocycles. The molecule has 0 amide bonds. The van der Waals surface area contributed by atoms with Crippen LogP contribution in [-0.2, 0) is 6.42 Å². The van der Waals surface area contributed by atoms with E-state index >= 15 is 0 Å². The van der Waals surface area contributed by atoms with Gasteiger partial charge in [-0.1, -0.05) is 11.6 Å². The molecular formula is C18H27ClN2O2. The third-order valence-corrected chi connectivity index (χ3v) is 5.03. The Bertz CT molecular complexity index is 512. The summed E-state index contributed by atoms with van der Waals surface area (Å²) in [5, 5.41) is 4.11. The van der Waals surface area contributed by atoms with Crippen LogP contribution >= 0.6 is 11.6 Å². The molecule has 1 heterocycles. The maximum absolute atomic E-state index is 6.31. The minimum Gasteiger partial charge on any atom is -0.493 e. The van der Waals surface area contributed by atoms with Gasteiger partial charge in [-0.15, -0.1) is 0 Å². The zero-order valence-electron chi connectivity index (χ0n) is 13.9. The molecule has 1 aromatic carbocycles. The average molecular weight is 339 g/mol. The van der Waals surface area contributed by atoms with Gasteiger partial charge >= 0.3 is 0 Å². The highest BCUT2D eigenvalue weighted by Gasteiger charge is 2.21. The summed E-state index contributed by atoms with van der Waals surface area (Å²) in [6.07, 6.45) is 6.07. The van der Waals surface area contributed by atoms with E-state index in [9.17, 15) is 0 Å². The van der Waals surface area contributed by atoms with Crippen LogP contribution in [0.1, 0.15) is 31.2 Å². The first-order valence-corrected chi connectivity index (χ1v) is 9.10. The average Bonchev–Trinajstić information content (AvgIpc) is 3.08. The van der Waals surface area contributed by atoms with E-state index in [1.54, 1.807) is 7.11 Å². The van der Waals surface area contributed by atoms with Crippen LogP contribution in [-0.4, -0.2) is 50.8 Å². The van der Waals surface area contributed by atoms with Crippen LogP contribution in [0.15, 0.2) is 12.1 Å². The molecule has 0 bridgehead atoms. The van der Waals surface area contributed by atoms with Gasteiger partial charge in [0.25, 0.3) is 0 Å². The molecular weight excluding hydrogens is 312 g/mol. The molecule has 2 fully saturated rings. The Hall–Kier alpha value is -0.970. The molecule has 128 valence electrons. The van der Waals surface area contributed by atoms with Crippen LogP contribution in [0.3, 0.4) is 0 Å². The molecule has 1 aromatic rings. The van der Waals surface area contributed by atoms with E-state index in [-0.39, 0.29) is 0 Å². The highest BCUT2D eigenvalue weighted by Crippen LogP contribution is 2.37. The Kier molecular flexibility index (Phi) is 6.03. The van der Waals surface area contributed by atoms with Crippen LogP contribution in [0.25, 0.3) is 0 Å². The number of hydrogen-bond donors (Lipinski definition) is 1. The smallest absolute Gasteiger partial charge is 0.164 e. The van der Waals surface area contributed by atoms with Crippen LogP contribution in [0.4, 0.5) is 0 Å². The van der Waals surface area contributed by atoms with Gasteiger partial charge in [0.1, 0.15) is 0 Å². The van der Waals surface area contributed by atoms with Gasteiger partial charge in [0, 0.05) is 49.4 Å². The van der Waals surface area contributed by atoms with Gasteiger partial charge in [0.05, 0.1) is 13.2 Å². The van der Waals surface area contributed by atoms with Gasteiger partial charge < -0.3 is 19.7 Å². The summed E-state index contributed by atoms with van der Waals surface area (Å²) in [5.41, 5.74) is 1.17. The van der Waals surface area contributed by atoms with E-state index in [0.29, 0.717) is 6.10 Å². The number of benzene rings is 1. The predicted molar refractivity (Wildman–Crippen MR) is 93.9 cm³/mol. The van der Waals surface area contributed by atoms with Crippen molar-refractivity contribution in [2.75, 3.05) is 39.8 Å². The van der Waals surface area contributed by atoms with Gasteiger partial charge in [-0.3, -0.25) is 0 Å². The number of rotatable bonds is 6. The number of nitrogens with zero attached hydrogens (tertiary/aromatic N) is 1. The van der Waals surface area contributed by atoms with E-state index in [2.05, 4.69) is 10.2 Å². The third-order valence-electron chi connectivity index (χ3n) is 4.81. The Morgan fingerprint density at radius 2 is 1.96 bits per heavy atom. The van der Waals surface area contributed by atoms with E-state index in [4.69, 9.17) is 21.1 Å². The molecule has 5 heteroatoms. The van der Waals surface area contributed by atoms with Crippen LogP contribution in [0.5, 0.6) is 11.5 Å². The maximum Gasteiger partial charge on any atom is 0.164 e. The van der Waals surface area contributed by atoms with E-state index < -0.39 is 0 Å². The SMILES string of the molecule is COc1cc(Cl)cc(CCN2CCNCC2)c1OC1CCCC1. The number of halogens is 1. The zero-order valence-corrected chi connectivity index (χ0v) is 14.7. The predicted octanol–water partition coefficient (Wildman–Crippen LogP) is 3.12. The Morgan fingerprint density at radius 3 is 2.65 bits per heavy atom. The quantitative estimate of drug-likeness (QED) is 0.864. The van der Waals surface area contributed by atoms with Crippen molar-refractivity contribution in [1.29, 1.82) is 0 Å². The van der Waals surface area contributed by atoms with Crippen molar-refractivity contribution in [3.63, 3.8) is 0 Å². The van der Waals surface area contributed by atoms with Crippen LogP contribution in [0, 0.1) is 0 Å². The molecule has 0 radical (unpaired) electrons. The van der Waals surface area contributed by atoms with Crippen molar-refractivity contribution in [3.05, 3.63) is 22.7 Å². The van der Waals surface area contributed by atoms with Crippen molar-refractivity contribution >= 4 is 11.6 Å². The molecule has 1 aliphatic carbocycles. The van der Waals surface area contributed by atoms with Crippen molar-refractivity contribution in [3.8, 4) is 11.5 Å². The molecule has 4 nitrogen and oxygen atoms in total. The van der Waals surface area contributed by atoms with Gasteiger partial charge in [0.2, 0.25) is 0 Å². The first kappa shape index (κ1) is 16.9. The molecule has 0 spiro atoms. The van der Waals surface area contributed by atoms with Crippen molar-refractivity contribution in [2.45, 2.75) is 38.2 Å². The normalized spacial score (nSPS) is 19.9. The third kappa shape index (κ3) is 4.52. The van der Waals surface area contributed by atoms with E-state index in [1.807, 2.05) is 12.1 Å². The fourth-order valence-corrected chi connectivity index (χ4v) is 3.71. The molecule has 2 aliphatic rings. The van der Waals surface area contributed by atoms with Gasteiger partial charge in [-0.2, -0.15) is 0 Å². The maximum atomic E-state index is 6.31. The summed E-state index contributed by atoms with van der Waals surface area (Å²) in [5.74, 6) is 1.67. The fourth-order valence-electron chi connectivity index (χ4n) is 3.48. The van der Waals surface area contributed by atoms with Crippen LogP contribution in [0.2, 0.25) is 5.02 Å². The van der Waals surface area contributed by atoms with Gasteiger partial charge in [-0.05, 0) is 38.2 Å². The monoisotopic (exact) mass is 338 g/mol. The van der Waals surface area contributed by atoms with E-state index in [0.717, 1.165) is 68.5 Å². The summed E-state index contributed by atoms with van der Waals surface area (Å²) >= 11 is 6.28. The lowest BCUT2D eigenvalue weighted by Crippen LogP contribution is -2.44. The number of ether oxygens (including phenoxy) is 2. The summed E-state index contributed by atoms with van der Waals surface area (Å²) < 4.78 is 11.8. The van der Waals surface area contributed by atoms with Crippen LogP contribution < -0.4 is 14.8 Å². The molecule has 3 rings (SSSR count). The van der Waals surface area contributed by atoms with Gasteiger partial charge in [-0.25, -0.2) is 0 Å². The van der Waals surface area contributed by atoms with Crippen molar-refractivity contribution in [1.82, 2.24) is 10.2 Å². The molecule has 0 atom stereocenters. The number of hydrogen-bond acceptors (Lipinski definition) is 4. The number of nitrogens with one attached hydrogen (secondary N) is 1. The number of piperazine rings is 1. The second kappa shape index (κ2) is 8.22. The minimum atomic E-state index is 0.322. The molecule has 1 saturated heterocycles. The first-order valence-electron chi connectivity index (χ1n) is 8.72. The lowest BCUT2D eigenvalue weighted by atomic mass is 10.1. The summed E-state index contributed by atoms with van der Waals surface area (Å²) in [4.78, 5) is 2.49. The lowest BCUT2D eigenvalue weighted by molar-refractivity contribution is 0.196. The molecule has 0 unspecified atom stereocenters. The molecule has 1 aliphatic heterocycles. The standard InChI is InChI=1S/C18H27ClN2O2/c1-22-17-13-15(19)12-14(6-9-21-10-7-20-8-11-21)18(17)23-16-4-2-3-5-16/h12-13,16,20H,2-11H2,1H3. The largest absolute Gasteiger partial charge is 0.493 e. The second-order valence-electron chi connectivity index (χ2n) is 6.46. The van der Waals surface area contributed by atoms with E-state index in [1.165, 1.54) is 18.4 Å². The second-order valence-corrected chi connectivity index (χ2v) is 6.90. The Morgan fingerprint density at radius 1 is 1.22 bits per heavy atom. The first-order chi connectivity index (χ1) is 11.3. The highest BCUT2D eigenvalue weighted by molar-refractivity contribution is 6.30. The number of methoxy groups -OCH3 is 1.